The third kappa shape index (κ3) is 1.58. The number of hydrogen-bond acceptors (Lipinski definition) is 5. The number of imidazole rings is 1. The number of fused-ring (bicyclic) bond motifs is 3. The molecule has 3 aromatic heterocycles. The Bertz CT molecular complexity index is 663. The van der Waals surface area contributed by atoms with Gasteiger partial charge in [-0.15, -0.1) is 0 Å². The zero-order chi connectivity index (χ0) is 11.7. The second-order valence-electron chi connectivity index (χ2n) is 3.59. The third-order valence-electron chi connectivity index (χ3n) is 2.50. The largest absolute Gasteiger partial charge is 0.395 e. The van der Waals surface area contributed by atoms with Gasteiger partial charge >= 0.3 is 0 Å². The van der Waals surface area contributed by atoms with Gasteiger partial charge in [0.2, 0.25) is 0 Å². The van der Waals surface area contributed by atoms with E-state index in [0.717, 1.165) is 11.3 Å². The molecule has 2 N–H and O–H groups in total. The summed E-state index contributed by atoms with van der Waals surface area (Å²) in [6, 6.07) is 5.77. The van der Waals surface area contributed by atoms with Crippen molar-refractivity contribution in [1.82, 2.24) is 19.4 Å². The number of rotatable bonds is 3. The summed E-state index contributed by atoms with van der Waals surface area (Å²) in [5, 5.41) is 11.8. The number of aromatic nitrogens is 4. The zero-order valence-electron chi connectivity index (χ0n) is 9.04. The van der Waals surface area contributed by atoms with Crippen LogP contribution in [0.4, 0.5) is 5.82 Å². The molecule has 0 amide bonds. The molecule has 86 valence electrons. The van der Waals surface area contributed by atoms with Gasteiger partial charge in [0.1, 0.15) is 12.0 Å². The fourth-order valence-corrected chi connectivity index (χ4v) is 1.77. The summed E-state index contributed by atoms with van der Waals surface area (Å²) in [5.41, 5.74) is 2.30. The monoisotopic (exact) mass is 229 g/mol. The fourth-order valence-electron chi connectivity index (χ4n) is 1.77. The van der Waals surface area contributed by atoms with Crippen LogP contribution in [0.5, 0.6) is 0 Å². The van der Waals surface area contributed by atoms with Gasteiger partial charge in [-0.25, -0.2) is 15.0 Å². The Kier molecular flexibility index (Phi) is 2.34. The highest BCUT2D eigenvalue weighted by Gasteiger charge is 2.09. The van der Waals surface area contributed by atoms with E-state index in [1.54, 1.807) is 0 Å². The van der Waals surface area contributed by atoms with Crippen LogP contribution in [0.1, 0.15) is 0 Å². The van der Waals surface area contributed by atoms with Crippen LogP contribution in [-0.2, 0) is 0 Å². The maximum atomic E-state index is 8.81. The van der Waals surface area contributed by atoms with E-state index in [9.17, 15) is 0 Å². The van der Waals surface area contributed by atoms with Crippen molar-refractivity contribution >= 4 is 22.6 Å². The first-order chi connectivity index (χ1) is 8.40. The lowest BCUT2D eigenvalue weighted by atomic mass is 10.4. The van der Waals surface area contributed by atoms with Crippen molar-refractivity contribution in [2.45, 2.75) is 0 Å². The molecule has 3 rings (SSSR count). The lowest BCUT2D eigenvalue weighted by Crippen LogP contribution is -2.07. The van der Waals surface area contributed by atoms with Crippen LogP contribution >= 0.6 is 0 Å². The number of nitrogens with one attached hydrogen (secondary N) is 1. The molecule has 3 aromatic rings. The summed E-state index contributed by atoms with van der Waals surface area (Å²) < 4.78 is 1.90. The highest BCUT2D eigenvalue weighted by atomic mass is 16.3. The first-order valence-electron chi connectivity index (χ1n) is 5.32. The smallest absolute Gasteiger partial charge is 0.170 e. The average molecular weight is 229 g/mol. The Balaban J connectivity index is 2.24. The number of anilines is 1. The van der Waals surface area contributed by atoms with E-state index in [1.165, 1.54) is 6.33 Å². The predicted molar refractivity (Wildman–Crippen MR) is 63.9 cm³/mol. The molecule has 0 fully saturated rings. The van der Waals surface area contributed by atoms with E-state index < -0.39 is 0 Å². The standard InChI is InChI=1S/C11H11N5O/c17-6-4-12-10-9-11(14-7-13-10)16-5-2-1-3-8(16)15-9/h1-3,5,7,17H,4,6H2,(H,12,13,14). The number of nitrogens with zero attached hydrogens (tertiary/aromatic N) is 4. The molecule has 6 nitrogen and oxygen atoms in total. The molecule has 0 unspecified atom stereocenters. The van der Waals surface area contributed by atoms with Crippen molar-refractivity contribution in [3.8, 4) is 0 Å². The predicted octanol–water partition coefficient (Wildman–Crippen LogP) is 0.682. The van der Waals surface area contributed by atoms with Gasteiger partial charge in [-0.05, 0) is 12.1 Å². The van der Waals surface area contributed by atoms with E-state index in [2.05, 4.69) is 20.3 Å². The molecule has 0 aromatic carbocycles. The molecule has 0 spiro atoms. The summed E-state index contributed by atoms with van der Waals surface area (Å²) in [5.74, 6) is 0.646. The minimum atomic E-state index is 0.0544. The maximum Gasteiger partial charge on any atom is 0.170 e. The number of pyridine rings is 1. The van der Waals surface area contributed by atoms with Gasteiger partial charge in [-0.3, -0.25) is 4.40 Å². The van der Waals surface area contributed by atoms with Crippen LogP contribution < -0.4 is 5.32 Å². The van der Waals surface area contributed by atoms with E-state index in [1.807, 2.05) is 28.8 Å². The Hall–Kier alpha value is -2.21. The van der Waals surface area contributed by atoms with Crippen LogP contribution in [0.3, 0.4) is 0 Å². The second-order valence-corrected chi connectivity index (χ2v) is 3.59. The van der Waals surface area contributed by atoms with Crippen molar-refractivity contribution < 1.29 is 5.11 Å². The highest BCUT2D eigenvalue weighted by Crippen LogP contribution is 2.19. The molecular weight excluding hydrogens is 218 g/mol. The van der Waals surface area contributed by atoms with Crippen molar-refractivity contribution in [1.29, 1.82) is 0 Å². The minimum absolute atomic E-state index is 0.0544. The van der Waals surface area contributed by atoms with E-state index >= 15 is 0 Å². The molecule has 0 radical (unpaired) electrons. The van der Waals surface area contributed by atoms with Gasteiger partial charge in [0.05, 0.1) is 6.61 Å². The summed E-state index contributed by atoms with van der Waals surface area (Å²) in [4.78, 5) is 12.8. The summed E-state index contributed by atoms with van der Waals surface area (Å²) in [6.45, 7) is 0.499. The lowest BCUT2D eigenvalue weighted by Gasteiger charge is -2.02. The minimum Gasteiger partial charge on any atom is -0.395 e. The van der Waals surface area contributed by atoms with Crippen LogP contribution in [-0.4, -0.2) is 37.6 Å². The van der Waals surface area contributed by atoms with Gasteiger partial charge in [-0.2, -0.15) is 0 Å². The number of aliphatic hydroxyl groups excluding tert-OH is 1. The molecule has 0 bridgehead atoms. The van der Waals surface area contributed by atoms with Crippen LogP contribution in [0.2, 0.25) is 0 Å². The Morgan fingerprint density at radius 2 is 2.24 bits per heavy atom. The molecule has 0 aliphatic heterocycles. The molecule has 0 aliphatic carbocycles. The summed E-state index contributed by atoms with van der Waals surface area (Å²) in [7, 11) is 0. The SMILES string of the molecule is OCCNc1ncnc2c1nc1ccccn12. The van der Waals surface area contributed by atoms with E-state index in [-0.39, 0.29) is 6.61 Å². The van der Waals surface area contributed by atoms with Crippen molar-refractivity contribution in [2.75, 3.05) is 18.5 Å². The second kappa shape index (κ2) is 3.99. The topological polar surface area (TPSA) is 75.3 Å². The van der Waals surface area contributed by atoms with E-state index in [4.69, 9.17) is 5.11 Å². The van der Waals surface area contributed by atoms with Crippen molar-refractivity contribution in [2.24, 2.45) is 0 Å². The molecule has 3 heterocycles. The van der Waals surface area contributed by atoms with Crippen LogP contribution in [0.25, 0.3) is 16.8 Å². The molecular formula is C11H11N5O. The Morgan fingerprint density at radius 1 is 1.29 bits per heavy atom. The van der Waals surface area contributed by atoms with Crippen molar-refractivity contribution in [3.05, 3.63) is 30.7 Å². The maximum absolute atomic E-state index is 8.81. The molecule has 0 aliphatic rings. The fraction of sp³-hybridized carbons (Fsp3) is 0.182. The molecule has 0 saturated carbocycles. The van der Waals surface area contributed by atoms with E-state index in [0.29, 0.717) is 17.9 Å². The van der Waals surface area contributed by atoms with Gasteiger partial charge < -0.3 is 10.4 Å². The van der Waals surface area contributed by atoms with Crippen molar-refractivity contribution in [3.63, 3.8) is 0 Å². The normalized spacial score (nSPS) is 11.1. The third-order valence-corrected chi connectivity index (χ3v) is 2.50. The van der Waals surface area contributed by atoms with Crippen LogP contribution in [0.15, 0.2) is 30.7 Å². The average Bonchev–Trinajstić information content (AvgIpc) is 2.75. The molecule has 17 heavy (non-hydrogen) atoms. The molecule has 6 heteroatoms. The Labute approximate surface area is 97.0 Å². The van der Waals surface area contributed by atoms with Gasteiger partial charge in [-0.1, -0.05) is 6.07 Å². The number of aliphatic hydroxyl groups is 1. The number of hydrogen-bond donors (Lipinski definition) is 2. The highest BCUT2D eigenvalue weighted by molar-refractivity contribution is 5.86. The van der Waals surface area contributed by atoms with Gasteiger partial charge in [0, 0.05) is 12.7 Å². The summed E-state index contributed by atoms with van der Waals surface area (Å²) >= 11 is 0. The van der Waals surface area contributed by atoms with Gasteiger partial charge in [0.25, 0.3) is 0 Å². The summed E-state index contributed by atoms with van der Waals surface area (Å²) in [6.07, 6.45) is 3.40. The van der Waals surface area contributed by atoms with Gasteiger partial charge in [0.15, 0.2) is 17.0 Å². The lowest BCUT2D eigenvalue weighted by molar-refractivity contribution is 0.311. The first-order valence-corrected chi connectivity index (χ1v) is 5.32. The first kappa shape index (κ1) is 9.98. The quantitative estimate of drug-likeness (QED) is 0.690. The molecule has 0 saturated heterocycles. The zero-order valence-corrected chi connectivity index (χ0v) is 9.04. The molecule has 0 atom stereocenters. The van der Waals surface area contributed by atoms with Crippen LogP contribution in [0, 0.1) is 0 Å². The Morgan fingerprint density at radius 3 is 3.12 bits per heavy atom.